The zero-order valence-corrected chi connectivity index (χ0v) is 12.6. The lowest BCUT2D eigenvalue weighted by atomic mass is 9.93. The summed E-state index contributed by atoms with van der Waals surface area (Å²) in [4.78, 5) is 0. The summed E-state index contributed by atoms with van der Waals surface area (Å²) in [6.45, 7) is -0.804. The van der Waals surface area contributed by atoms with Gasteiger partial charge in [0, 0.05) is 4.47 Å². The first-order chi connectivity index (χ1) is 9.56. The topological polar surface area (TPSA) is 9.23 Å². The van der Waals surface area contributed by atoms with Crippen molar-refractivity contribution in [3.05, 3.63) is 64.1 Å². The van der Waals surface area contributed by atoms with Crippen LogP contribution in [0.25, 0.3) is 0 Å². The largest absolute Gasteiger partial charge is 0.434 e. The first kappa shape index (κ1) is 15.0. The molecule has 2 aromatic carbocycles. The Morgan fingerprint density at radius 1 is 1.10 bits per heavy atom. The van der Waals surface area contributed by atoms with Crippen LogP contribution in [0.4, 0.5) is 8.78 Å². The van der Waals surface area contributed by atoms with Crippen LogP contribution in [0.1, 0.15) is 24.0 Å². The number of benzene rings is 2. The lowest BCUT2D eigenvalue weighted by Crippen LogP contribution is -2.07. The normalized spacial score (nSPS) is 12.4. The summed E-state index contributed by atoms with van der Waals surface area (Å²) >= 11 is 3.28. The van der Waals surface area contributed by atoms with E-state index in [4.69, 9.17) is 0 Å². The smallest absolute Gasteiger partial charge is 0.387 e. The Balaban J connectivity index is 2.22. The van der Waals surface area contributed by atoms with Gasteiger partial charge in [0.25, 0.3) is 0 Å². The maximum atomic E-state index is 12.5. The minimum atomic E-state index is -2.81. The van der Waals surface area contributed by atoms with E-state index in [1.165, 1.54) is 5.56 Å². The molecule has 2 rings (SSSR count). The highest BCUT2D eigenvalue weighted by Gasteiger charge is 2.15. The van der Waals surface area contributed by atoms with E-state index >= 15 is 0 Å². The second-order valence-corrected chi connectivity index (χ2v) is 5.57. The average molecular weight is 341 g/mol. The van der Waals surface area contributed by atoms with Gasteiger partial charge in [0.15, 0.2) is 0 Å². The number of alkyl halides is 2. The number of ether oxygens (including phenoxy) is 1. The third kappa shape index (κ3) is 4.04. The summed E-state index contributed by atoms with van der Waals surface area (Å²) in [7, 11) is 0. The van der Waals surface area contributed by atoms with Crippen molar-refractivity contribution in [2.24, 2.45) is 0 Å². The van der Waals surface area contributed by atoms with Gasteiger partial charge < -0.3 is 4.74 Å². The quantitative estimate of drug-likeness (QED) is 0.708. The lowest BCUT2D eigenvalue weighted by Gasteiger charge is -2.17. The summed E-state index contributed by atoms with van der Waals surface area (Å²) in [5.74, 6) is 0.331. The first-order valence-electron chi connectivity index (χ1n) is 6.34. The molecule has 0 heterocycles. The molecule has 1 nitrogen and oxygen atoms in total. The maximum Gasteiger partial charge on any atom is 0.387 e. The number of hydrogen-bond acceptors (Lipinski definition) is 1. The van der Waals surface area contributed by atoms with Crippen LogP contribution in [0.2, 0.25) is 0 Å². The Labute approximate surface area is 125 Å². The molecular weight excluding hydrogens is 326 g/mol. The molecule has 0 aromatic heterocycles. The van der Waals surface area contributed by atoms with Crippen molar-refractivity contribution in [2.45, 2.75) is 25.9 Å². The molecule has 0 aliphatic carbocycles. The molecule has 1 atom stereocenters. The van der Waals surface area contributed by atoms with E-state index in [2.05, 4.69) is 20.7 Å². The molecule has 1 unspecified atom stereocenters. The van der Waals surface area contributed by atoms with Crippen LogP contribution in [0, 0.1) is 0 Å². The predicted molar refractivity (Wildman–Crippen MR) is 79.3 cm³/mol. The monoisotopic (exact) mass is 340 g/mol. The molecule has 106 valence electrons. The summed E-state index contributed by atoms with van der Waals surface area (Å²) < 4.78 is 30.3. The Morgan fingerprint density at radius 2 is 1.80 bits per heavy atom. The van der Waals surface area contributed by atoms with Crippen molar-refractivity contribution in [3.8, 4) is 5.75 Å². The molecular formula is C16H15BrF2O. The second-order valence-electron chi connectivity index (χ2n) is 4.65. The molecule has 0 amide bonds. The summed E-state index contributed by atoms with van der Waals surface area (Å²) in [6.07, 6.45) is 0.780. The Hall–Kier alpha value is -1.42. The van der Waals surface area contributed by atoms with E-state index in [0.717, 1.165) is 16.5 Å². The fourth-order valence-electron chi connectivity index (χ4n) is 2.19. The van der Waals surface area contributed by atoms with E-state index in [0.29, 0.717) is 0 Å². The number of rotatable bonds is 5. The van der Waals surface area contributed by atoms with E-state index in [1.54, 1.807) is 6.07 Å². The van der Waals surface area contributed by atoms with E-state index < -0.39 is 6.61 Å². The highest BCUT2D eigenvalue weighted by Crippen LogP contribution is 2.32. The van der Waals surface area contributed by atoms with Crippen LogP contribution in [-0.2, 0) is 6.42 Å². The van der Waals surface area contributed by atoms with E-state index in [9.17, 15) is 8.78 Å². The molecule has 0 radical (unpaired) electrons. The first-order valence-corrected chi connectivity index (χ1v) is 7.13. The Bertz CT molecular complexity index is 558. The molecule has 0 saturated carbocycles. The van der Waals surface area contributed by atoms with Gasteiger partial charge in [-0.05, 0) is 35.6 Å². The van der Waals surface area contributed by atoms with Gasteiger partial charge in [-0.1, -0.05) is 59.3 Å². The molecule has 0 saturated heterocycles. The van der Waals surface area contributed by atoms with Gasteiger partial charge in [0.2, 0.25) is 0 Å². The number of halogens is 3. The van der Waals surface area contributed by atoms with Crippen molar-refractivity contribution < 1.29 is 13.5 Å². The van der Waals surface area contributed by atoms with Crippen LogP contribution in [-0.4, -0.2) is 6.61 Å². The molecule has 0 bridgehead atoms. The van der Waals surface area contributed by atoms with Crippen molar-refractivity contribution in [1.29, 1.82) is 0 Å². The zero-order chi connectivity index (χ0) is 14.5. The molecule has 2 aromatic rings. The van der Waals surface area contributed by atoms with Crippen molar-refractivity contribution in [1.82, 2.24) is 0 Å². The van der Waals surface area contributed by atoms with Crippen molar-refractivity contribution in [2.75, 3.05) is 0 Å². The van der Waals surface area contributed by atoms with Gasteiger partial charge in [0.1, 0.15) is 5.75 Å². The average Bonchev–Trinajstić information content (AvgIpc) is 2.39. The van der Waals surface area contributed by atoms with Crippen LogP contribution >= 0.6 is 15.9 Å². The molecule has 0 fully saturated rings. The standard InChI is InChI=1S/C16H15BrF2O/c1-11(9-12-5-3-2-4-6-12)14-8-7-13(17)10-15(14)20-16(18)19/h2-8,10-11,16H,9H2,1H3. The molecule has 20 heavy (non-hydrogen) atoms. The lowest BCUT2D eigenvalue weighted by molar-refractivity contribution is -0.0506. The molecule has 0 aliphatic rings. The third-order valence-corrected chi connectivity index (χ3v) is 3.60. The van der Waals surface area contributed by atoms with Crippen LogP contribution in [0.15, 0.2) is 53.0 Å². The van der Waals surface area contributed by atoms with Gasteiger partial charge in [-0.2, -0.15) is 8.78 Å². The highest BCUT2D eigenvalue weighted by molar-refractivity contribution is 9.10. The summed E-state index contributed by atoms with van der Waals surface area (Å²) in [5, 5.41) is 0. The Morgan fingerprint density at radius 3 is 2.45 bits per heavy atom. The van der Waals surface area contributed by atoms with Gasteiger partial charge in [-0.3, -0.25) is 0 Å². The minimum Gasteiger partial charge on any atom is -0.434 e. The molecule has 0 N–H and O–H groups in total. The highest BCUT2D eigenvalue weighted by atomic mass is 79.9. The van der Waals surface area contributed by atoms with E-state index in [1.807, 2.05) is 49.4 Å². The zero-order valence-electron chi connectivity index (χ0n) is 11.0. The van der Waals surface area contributed by atoms with Crippen LogP contribution in [0.5, 0.6) is 5.75 Å². The van der Waals surface area contributed by atoms with Gasteiger partial charge in [-0.25, -0.2) is 0 Å². The molecule has 0 spiro atoms. The van der Waals surface area contributed by atoms with Gasteiger partial charge in [-0.15, -0.1) is 0 Å². The van der Waals surface area contributed by atoms with Crippen molar-refractivity contribution >= 4 is 15.9 Å². The summed E-state index contributed by atoms with van der Waals surface area (Å²) in [6, 6.07) is 15.2. The van der Waals surface area contributed by atoms with Gasteiger partial charge in [0.05, 0.1) is 0 Å². The van der Waals surface area contributed by atoms with Crippen molar-refractivity contribution in [3.63, 3.8) is 0 Å². The second kappa shape index (κ2) is 6.84. The SMILES string of the molecule is CC(Cc1ccccc1)c1ccc(Br)cc1OC(F)F. The Kier molecular flexibility index (Phi) is 5.12. The minimum absolute atomic E-state index is 0.0965. The summed E-state index contributed by atoms with van der Waals surface area (Å²) in [5.41, 5.74) is 1.96. The fraction of sp³-hybridized carbons (Fsp3) is 0.250. The van der Waals surface area contributed by atoms with Crippen LogP contribution in [0.3, 0.4) is 0 Å². The maximum absolute atomic E-state index is 12.5. The molecule has 0 aliphatic heterocycles. The van der Waals surface area contributed by atoms with Crippen LogP contribution < -0.4 is 4.74 Å². The fourth-order valence-corrected chi connectivity index (χ4v) is 2.53. The molecule has 4 heteroatoms. The predicted octanol–water partition coefficient (Wildman–Crippen LogP) is 5.40. The van der Waals surface area contributed by atoms with Gasteiger partial charge >= 0.3 is 6.61 Å². The number of hydrogen-bond donors (Lipinski definition) is 0. The third-order valence-electron chi connectivity index (χ3n) is 3.11. The van der Waals surface area contributed by atoms with E-state index in [-0.39, 0.29) is 11.7 Å².